The van der Waals surface area contributed by atoms with Gasteiger partial charge in [-0.3, -0.25) is 0 Å². The van der Waals surface area contributed by atoms with E-state index >= 15 is 0 Å². The molecule has 2 heterocycles. The second kappa shape index (κ2) is 6.24. The number of fused-ring (bicyclic) bond motifs is 3. The van der Waals surface area contributed by atoms with Crippen LogP contribution in [0.5, 0.6) is 0 Å². The third-order valence-electron chi connectivity index (χ3n) is 6.58. The number of hydrogen-bond acceptors (Lipinski definition) is 0. The van der Waals surface area contributed by atoms with Gasteiger partial charge in [0.15, 0.2) is 0 Å². The Hall–Kier alpha value is -3.06. The lowest BCUT2D eigenvalue weighted by Crippen LogP contribution is -2.24. The second-order valence-corrected chi connectivity index (χ2v) is 8.07. The zero-order valence-corrected chi connectivity index (χ0v) is 15.9. The number of benzene rings is 3. The maximum Gasteiger partial charge on any atom is 0.0534 e. The lowest BCUT2D eigenvalue weighted by molar-refractivity contribution is 0.489. The van der Waals surface area contributed by atoms with Crippen molar-refractivity contribution in [3.63, 3.8) is 0 Å². The molecule has 136 valence electrons. The molecule has 2 atom stereocenters. The lowest BCUT2D eigenvalue weighted by Gasteiger charge is -2.36. The molecule has 1 aromatic heterocycles. The van der Waals surface area contributed by atoms with Crippen LogP contribution in [0.15, 0.2) is 91.0 Å². The number of nitrogens with zero attached hydrogens (tertiary/aromatic N) is 1. The van der Waals surface area contributed by atoms with Crippen LogP contribution >= 0.6 is 0 Å². The molecule has 0 amide bonds. The molecule has 0 saturated carbocycles. The molecule has 1 nitrogen and oxygen atoms in total. The van der Waals surface area contributed by atoms with Gasteiger partial charge in [-0.1, -0.05) is 84.9 Å². The molecule has 0 radical (unpaired) electrons. The molecule has 6 rings (SSSR count). The number of aryl methyl sites for hydroxylation is 1. The van der Waals surface area contributed by atoms with Crippen LogP contribution in [0.2, 0.25) is 0 Å². The molecule has 0 saturated heterocycles. The summed E-state index contributed by atoms with van der Waals surface area (Å²) < 4.78 is 2.57. The van der Waals surface area contributed by atoms with Gasteiger partial charge in [-0.15, -0.1) is 0 Å². The Labute approximate surface area is 165 Å². The van der Waals surface area contributed by atoms with Gasteiger partial charge in [0.05, 0.1) is 5.52 Å². The fourth-order valence-electron chi connectivity index (χ4n) is 5.42. The van der Waals surface area contributed by atoms with Crippen molar-refractivity contribution < 1.29 is 0 Å². The van der Waals surface area contributed by atoms with Crippen molar-refractivity contribution >= 4 is 16.6 Å². The van der Waals surface area contributed by atoms with Crippen LogP contribution in [0, 0.1) is 0 Å². The molecule has 1 aliphatic heterocycles. The Kier molecular flexibility index (Phi) is 3.55. The van der Waals surface area contributed by atoms with E-state index in [9.17, 15) is 0 Å². The van der Waals surface area contributed by atoms with E-state index in [0.29, 0.717) is 11.8 Å². The van der Waals surface area contributed by atoms with Crippen LogP contribution in [-0.2, 0) is 6.42 Å². The highest BCUT2D eigenvalue weighted by Crippen LogP contribution is 2.51. The summed E-state index contributed by atoms with van der Waals surface area (Å²) in [5.41, 5.74) is 8.57. The zero-order chi connectivity index (χ0) is 18.5. The maximum absolute atomic E-state index is 2.57. The summed E-state index contributed by atoms with van der Waals surface area (Å²) in [7, 11) is 0. The Bertz CT molecular complexity index is 1180. The Balaban J connectivity index is 1.69. The minimum absolute atomic E-state index is 0.437. The summed E-state index contributed by atoms with van der Waals surface area (Å²) in [5.74, 6) is 0.998. The minimum atomic E-state index is 0.437. The first kappa shape index (κ1) is 15.9. The first-order valence-corrected chi connectivity index (χ1v) is 10.4. The van der Waals surface area contributed by atoms with Crippen molar-refractivity contribution in [1.82, 2.24) is 4.57 Å². The van der Waals surface area contributed by atoms with Crippen LogP contribution in [0.1, 0.15) is 47.1 Å². The van der Waals surface area contributed by atoms with Crippen molar-refractivity contribution in [2.75, 3.05) is 0 Å². The summed E-state index contributed by atoms with van der Waals surface area (Å²) in [6.07, 6.45) is 6.28. The topological polar surface area (TPSA) is 4.93 Å². The van der Waals surface area contributed by atoms with E-state index in [1.165, 1.54) is 47.0 Å². The molecular weight excluding hydrogens is 338 g/mol. The summed E-state index contributed by atoms with van der Waals surface area (Å²) in [5, 5.41) is 1.44. The van der Waals surface area contributed by atoms with E-state index in [4.69, 9.17) is 0 Å². The molecule has 0 bridgehead atoms. The zero-order valence-electron chi connectivity index (χ0n) is 15.9. The van der Waals surface area contributed by atoms with E-state index in [1.807, 2.05) is 0 Å². The van der Waals surface area contributed by atoms with Crippen molar-refractivity contribution in [2.45, 2.75) is 31.1 Å². The quantitative estimate of drug-likeness (QED) is 0.372. The molecule has 0 N–H and O–H groups in total. The third-order valence-corrected chi connectivity index (χ3v) is 6.58. The van der Waals surface area contributed by atoms with Crippen molar-refractivity contribution in [3.8, 4) is 0 Å². The molecule has 0 fully saturated rings. The summed E-state index contributed by atoms with van der Waals surface area (Å²) in [6.45, 7) is 0. The summed E-state index contributed by atoms with van der Waals surface area (Å²) in [6, 6.07) is 31.0. The SMILES string of the molecule is C1=C(c2ccccc2)n2c3c(c4ccccc42)CCCC3C1c1ccccc1. The molecule has 3 aromatic carbocycles. The van der Waals surface area contributed by atoms with Crippen LogP contribution in [0.4, 0.5) is 0 Å². The highest BCUT2D eigenvalue weighted by molar-refractivity contribution is 5.92. The average molecular weight is 361 g/mol. The van der Waals surface area contributed by atoms with Crippen molar-refractivity contribution in [2.24, 2.45) is 0 Å². The van der Waals surface area contributed by atoms with Crippen LogP contribution in [0.3, 0.4) is 0 Å². The lowest BCUT2D eigenvalue weighted by atomic mass is 9.73. The van der Waals surface area contributed by atoms with Gasteiger partial charge in [0.1, 0.15) is 0 Å². The molecule has 2 aliphatic rings. The Morgan fingerprint density at radius 1 is 0.750 bits per heavy atom. The van der Waals surface area contributed by atoms with E-state index in [2.05, 4.69) is 95.6 Å². The van der Waals surface area contributed by atoms with Crippen molar-refractivity contribution in [1.29, 1.82) is 0 Å². The first-order chi connectivity index (χ1) is 13.9. The Morgan fingerprint density at radius 3 is 2.29 bits per heavy atom. The summed E-state index contributed by atoms with van der Waals surface area (Å²) in [4.78, 5) is 0. The van der Waals surface area contributed by atoms with Gasteiger partial charge in [0.2, 0.25) is 0 Å². The fraction of sp³-hybridized carbons (Fsp3) is 0.185. The normalized spacial score (nSPS) is 20.6. The third kappa shape index (κ3) is 2.26. The molecule has 1 heteroatoms. The van der Waals surface area contributed by atoms with Crippen LogP contribution < -0.4 is 0 Å². The maximum atomic E-state index is 2.57. The predicted molar refractivity (Wildman–Crippen MR) is 117 cm³/mol. The molecular formula is C27H23N. The first-order valence-electron chi connectivity index (χ1n) is 10.4. The minimum Gasteiger partial charge on any atom is -0.313 e. The van der Waals surface area contributed by atoms with Gasteiger partial charge in [0, 0.05) is 28.6 Å². The molecule has 1 aliphatic carbocycles. The van der Waals surface area contributed by atoms with Gasteiger partial charge in [0.25, 0.3) is 0 Å². The number of hydrogen-bond donors (Lipinski definition) is 0. The van der Waals surface area contributed by atoms with Gasteiger partial charge < -0.3 is 4.57 Å². The van der Waals surface area contributed by atoms with Gasteiger partial charge in [-0.05, 0) is 42.0 Å². The molecule has 4 aromatic rings. The number of para-hydroxylation sites is 1. The highest BCUT2D eigenvalue weighted by atomic mass is 15.0. The largest absolute Gasteiger partial charge is 0.313 e. The van der Waals surface area contributed by atoms with Crippen molar-refractivity contribution in [3.05, 3.63) is 113 Å². The average Bonchev–Trinajstić information content (AvgIpc) is 3.12. The van der Waals surface area contributed by atoms with E-state index in [1.54, 1.807) is 11.3 Å². The highest BCUT2D eigenvalue weighted by Gasteiger charge is 2.37. The van der Waals surface area contributed by atoms with E-state index in [0.717, 1.165) is 0 Å². The number of rotatable bonds is 2. The number of aromatic nitrogens is 1. The Morgan fingerprint density at radius 2 is 1.46 bits per heavy atom. The van der Waals surface area contributed by atoms with E-state index in [-0.39, 0.29) is 0 Å². The molecule has 0 spiro atoms. The van der Waals surface area contributed by atoms with Gasteiger partial charge in [-0.25, -0.2) is 0 Å². The second-order valence-electron chi connectivity index (χ2n) is 8.07. The van der Waals surface area contributed by atoms with Crippen LogP contribution in [0.25, 0.3) is 16.6 Å². The molecule has 2 unspecified atom stereocenters. The fourth-order valence-corrected chi connectivity index (χ4v) is 5.42. The molecule has 28 heavy (non-hydrogen) atoms. The smallest absolute Gasteiger partial charge is 0.0534 e. The standard InChI is InChI=1S/C27H23N/c1-3-10-19(11-4-1)24-18-26(20-12-5-2-6-13-20)28-25-17-8-7-14-21(25)22-15-9-16-23(24)27(22)28/h1-8,10-14,17-18,23-24H,9,15-16H2. The van der Waals surface area contributed by atoms with Gasteiger partial charge in [-0.2, -0.15) is 0 Å². The van der Waals surface area contributed by atoms with Gasteiger partial charge >= 0.3 is 0 Å². The summed E-state index contributed by atoms with van der Waals surface area (Å²) >= 11 is 0. The van der Waals surface area contributed by atoms with E-state index < -0.39 is 0 Å². The monoisotopic (exact) mass is 361 g/mol. The van der Waals surface area contributed by atoms with Crippen LogP contribution in [-0.4, -0.2) is 4.57 Å². The number of allylic oxidation sites excluding steroid dienone is 1. The predicted octanol–water partition coefficient (Wildman–Crippen LogP) is 6.75.